The van der Waals surface area contributed by atoms with Gasteiger partial charge < -0.3 is 16.4 Å². The van der Waals surface area contributed by atoms with Crippen LogP contribution in [-0.2, 0) is 16.6 Å². The van der Waals surface area contributed by atoms with Gasteiger partial charge in [0.15, 0.2) is 0 Å². The maximum Gasteiger partial charge on any atom is 0.242 e. The third kappa shape index (κ3) is 3.28. The lowest BCUT2D eigenvalue weighted by molar-refractivity contribution is -0.129. The number of rotatable bonds is 4. The minimum atomic E-state index is -0.823. The van der Waals surface area contributed by atoms with Gasteiger partial charge in [-0.3, -0.25) is 14.3 Å². The van der Waals surface area contributed by atoms with Crippen LogP contribution in [0.15, 0.2) is 12.4 Å². The van der Waals surface area contributed by atoms with E-state index >= 15 is 0 Å². The van der Waals surface area contributed by atoms with Crippen molar-refractivity contribution in [3.05, 3.63) is 18.0 Å². The summed E-state index contributed by atoms with van der Waals surface area (Å²) in [4.78, 5) is 23.0. The van der Waals surface area contributed by atoms with Gasteiger partial charge in [-0.05, 0) is 6.92 Å². The number of nitrogens with one attached hydrogen (secondary N) is 2. The van der Waals surface area contributed by atoms with E-state index in [2.05, 4.69) is 15.7 Å². The van der Waals surface area contributed by atoms with Crippen molar-refractivity contribution in [2.24, 2.45) is 12.8 Å². The topological polar surface area (TPSA) is 102 Å². The van der Waals surface area contributed by atoms with Crippen molar-refractivity contribution in [2.75, 3.05) is 7.05 Å². The van der Waals surface area contributed by atoms with Crippen molar-refractivity contribution in [1.29, 1.82) is 0 Å². The van der Waals surface area contributed by atoms with Gasteiger partial charge in [-0.25, -0.2) is 0 Å². The number of hydrogen-bond acceptors (Lipinski definition) is 4. The molecule has 2 amide bonds. The van der Waals surface area contributed by atoms with Gasteiger partial charge in [0, 0.05) is 25.9 Å². The van der Waals surface area contributed by atoms with Crippen LogP contribution in [0.1, 0.15) is 18.5 Å². The van der Waals surface area contributed by atoms with Gasteiger partial charge >= 0.3 is 0 Å². The third-order valence-electron chi connectivity index (χ3n) is 2.36. The number of nitrogens with zero attached hydrogens (tertiary/aromatic N) is 2. The number of carbonyl (C=O) groups excluding carboxylic acids is 2. The Hall–Kier alpha value is -1.89. The Morgan fingerprint density at radius 1 is 1.47 bits per heavy atom. The summed E-state index contributed by atoms with van der Waals surface area (Å²) in [7, 11) is 3.24. The monoisotopic (exact) mass is 239 g/mol. The molecular weight excluding hydrogens is 222 g/mol. The zero-order valence-corrected chi connectivity index (χ0v) is 10.1. The molecule has 1 aromatic heterocycles. The predicted octanol–water partition coefficient (Wildman–Crippen LogP) is -1.33. The van der Waals surface area contributed by atoms with E-state index < -0.39 is 18.0 Å². The van der Waals surface area contributed by atoms with Crippen molar-refractivity contribution in [1.82, 2.24) is 20.4 Å². The molecule has 0 aliphatic heterocycles. The van der Waals surface area contributed by atoms with Gasteiger partial charge in [0.1, 0.15) is 12.1 Å². The second-order valence-corrected chi connectivity index (χ2v) is 3.77. The number of aryl methyl sites for hydroxylation is 1. The highest BCUT2D eigenvalue weighted by Gasteiger charge is 2.21. The molecule has 0 fully saturated rings. The highest BCUT2D eigenvalue weighted by Crippen LogP contribution is 2.08. The molecule has 17 heavy (non-hydrogen) atoms. The SMILES string of the molecule is CNC(=O)C(C)NC(=O)C(N)c1cnn(C)c1. The molecule has 0 radical (unpaired) electrons. The van der Waals surface area contributed by atoms with E-state index in [0.29, 0.717) is 5.56 Å². The van der Waals surface area contributed by atoms with Crippen LogP contribution in [0.2, 0.25) is 0 Å². The van der Waals surface area contributed by atoms with Crippen molar-refractivity contribution in [3.8, 4) is 0 Å². The molecule has 7 nitrogen and oxygen atoms in total. The molecule has 2 unspecified atom stereocenters. The van der Waals surface area contributed by atoms with Crippen LogP contribution >= 0.6 is 0 Å². The number of likely N-dealkylation sites (N-methyl/N-ethyl adjacent to an activating group) is 1. The van der Waals surface area contributed by atoms with Gasteiger partial charge in [0.25, 0.3) is 0 Å². The summed E-state index contributed by atoms with van der Waals surface area (Å²) in [5, 5.41) is 8.89. The van der Waals surface area contributed by atoms with Crippen molar-refractivity contribution >= 4 is 11.8 Å². The maximum atomic E-state index is 11.7. The molecule has 4 N–H and O–H groups in total. The Morgan fingerprint density at radius 2 is 2.12 bits per heavy atom. The van der Waals surface area contributed by atoms with Crippen LogP contribution < -0.4 is 16.4 Å². The summed E-state index contributed by atoms with van der Waals surface area (Å²) < 4.78 is 1.56. The molecule has 0 spiro atoms. The summed E-state index contributed by atoms with van der Waals surface area (Å²) in [5.41, 5.74) is 6.35. The second kappa shape index (κ2) is 5.44. The fourth-order valence-corrected chi connectivity index (χ4v) is 1.34. The average Bonchev–Trinajstić information content (AvgIpc) is 2.73. The molecule has 0 aromatic carbocycles. The molecular formula is C10H17N5O2. The first-order chi connectivity index (χ1) is 7.95. The highest BCUT2D eigenvalue weighted by atomic mass is 16.2. The van der Waals surface area contributed by atoms with Crippen molar-refractivity contribution in [2.45, 2.75) is 19.0 Å². The number of amides is 2. The van der Waals surface area contributed by atoms with E-state index in [1.807, 2.05) is 0 Å². The van der Waals surface area contributed by atoms with Crippen LogP contribution in [-0.4, -0.2) is 34.7 Å². The molecule has 1 aromatic rings. The molecule has 0 bridgehead atoms. The minimum Gasteiger partial charge on any atom is -0.357 e. The number of carbonyl (C=O) groups is 2. The Morgan fingerprint density at radius 3 is 2.59 bits per heavy atom. The minimum absolute atomic E-state index is 0.267. The predicted molar refractivity (Wildman–Crippen MR) is 61.8 cm³/mol. The Kier molecular flexibility index (Phi) is 4.22. The number of hydrogen-bond donors (Lipinski definition) is 3. The molecule has 0 saturated carbocycles. The van der Waals surface area contributed by atoms with Crippen LogP contribution in [0, 0.1) is 0 Å². The standard InChI is InChI=1S/C10H17N5O2/c1-6(9(16)12-2)14-10(17)8(11)7-4-13-15(3)5-7/h4-6,8H,11H2,1-3H3,(H,12,16)(H,14,17). The number of aromatic nitrogens is 2. The number of nitrogens with two attached hydrogens (primary N) is 1. The first kappa shape index (κ1) is 13.2. The summed E-state index contributed by atoms with van der Waals surface area (Å²) in [5.74, 6) is -0.675. The molecule has 2 atom stereocenters. The van der Waals surface area contributed by atoms with Gasteiger partial charge in [0.2, 0.25) is 11.8 Å². The highest BCUT2D eigenvalue weighted by molar-refractivity contribution is 5.89. The van der Waals surface area contributed by atoms with Crippen molar-refractivity contribution < 1.29 is 9.59 Å². The summed E-state index contributed by atoms with van der Waals surface area (Å²) in [6, 6.07) is -1.44. The fourth-order valence-electron chi connectivity index (χ4n) is 1.34. The quantitative estimate of drug-likeness (QED) is 0.606. The first-order valence-corrected chi connectivity index (χ1v) is 5.21. The van der Waals surface area contributed by atoms with E-state index in [1.165, 1.54) is 13.2 Å². The Bertz CT molecular complexity index is 415. The van der Waals surface area contributed by atoms with Crippen LogP contribution in [0.25, 0.3) is 0 Å². The lowest BCUT2D eigenvalue weighted by Gasteiger charge is -2.15. The Labute approximate surface area is 99.4 Å². The van der Waals surface area contributed by atoms with E-state index in [-0.39, 0.29) is 5.91 Å². The first-order valence-electron chi connectivity index (χ1n) is 5.21. The summed E-state index contributed by atoms with van der Waals surface area (Å²) in [6.07, 6.45) is 3.18. The van der Waals surface area contributed by atoms with Crippen LogP contribution in [0.3, 0.4) is 0 Å². The Balaban J connectivity index is 2.62. The molecule has 0 saturated heterocycles. The van der Waals surface area contributed by atoms with Gasteiger partial charge in [-0.2, -0.15) is 5.10 Å². The zero-order valence-electron chi connectivity index (χ0n) is 10.1. The lowest BCUT2D eigenvalue weighted by Crippen LogP contribution is -2.46. The summed E-state index contributed by atoms with van der Waals surface area (Å²) in [6.45, 7) is 1.59. The second-order valence-electron chi connectivity index (χ2n) is 3.77. The van der Waals surface area contributed by atoms with Gasteiger partial charge in [0.05, 0.1) is 6.20 Å². The van der Waals surface area contributed by atoms with Crippen LogP contribution in [0.4, 0.5) is 0 Å². The van der Waals surface area contributed by atoms with E-state index in [9.17, 15) is 9.59 Å². The van der Waals surface area contributed by atoms with Crippen molar-refractivity contribution in [3.63, 3.8) is 0 Å². The average molecular weight is 239 g/mol. The third-order valence-corrected chi connectivity index (χ3v) is 2.36. The van der Waals surface area contributed by atoms with Gasteiger partial charge in [-0.15, -0.1) is 0 Å². The fraction of sp³-hybridized carbons (Fsp3) is 0.500. The molecule has 0 aliphatic rings. The molecule has 1 heterocycles. The van der Waals surface area contributed by atoms with E-state index in [1.54, 1.807) is 24.9 Å². The molecule has 7 heteroatoms. The molecule has 94 valence electrons. The maximum absolute atomic E-state index is 11.7. The lowest BCUT2D eigenvalue weighted by atomic mass is 10.1. The molecule has 0 aliphatic carbocycles. The zero-order chi connectivity index (χ0) is 13.0. The summed E-state index contributed by atoms with van der Waals surface area (Å²) >= 11 is 0. The van der Waals surface area contributed by atoms with Crippen LogP contribution in [0.5, 0.6) is 0 Å². The van der Waals surface area contributed by atoms with E-state index in [4.69, 9.17) is 5.73 Å². The van der Waals surface area contributed by atoms with Gasteiger partial charge in [-0.1, -0.05) is 0 Å². The normalized spacial score (nSPS) is 13.9. The molecule has 1 rings (SSSR count). The van der Waals surface area contributed by atoms with E-state index in [0.717, 1.165) is 0 Å². The smallest absolute Gasteiger partial charge is 0.242 e. The largest absolute Gasteiger partial charge is 0.357 e.